The number of benzene rings is 1. The molecule has 0 bridgehead atoms. The fraction of sp³-hybridized carbons (Fsp3) is 0.385. The third-order valence-corrected chi connectivity index (χ3v) is 3.09. The maximum absolute atomic E-state index is 12.2. The average Bonchev–Trinajstić information content (AvgIpc) is 2.39. The van der Waals surface area contributed by atoms with Gasteiger partial charge in [-0.3, -0.25) is 4.79 Å². The second-order valence-electron chi connectivity index (χ2n) is 4.14. The Balaban J connectivity index is 2.40. The third kappa shape index (κ3) is 2.03. The number of hydrogen-bond donors (Lipinski definition) is 1. The van der Waals surface area contributed by atoms with E-state index in [1.807, 2.05) is 6.92 Å². The largest absolute Gasteiger partial charge is 0.495 e. The summed E-state index contributed by atoms with van der Waals surface area (Å²) in [6.45, 7) is 2.33. The summed E-state index contributed by atoms with van der Waals surface area (Å²) < 4.78 is 5.19. The Morgan fingerprint density at radius 2 is 2.11 bits per heavy atom. The lowest BCUT2D eigenvalue weighted by Crippen LogP contribution is -2.55. The van der Waals surface area contributed by atoms with Crippen molar-refractivity contribution in [2.24, 2.45) is 5.92 Å². The number of nitrogens with one attached hydrogen (secondary N) is 1. The molecule has 1 heterocycles. The molecule has 1 aliphatic heterocycles. The highest BCUT2D eigenvalue weighted by Crippen LogP contribution is 2.30. The van der Waals surface area contributed by atoms with E-state index in [4.69, 9.17) is 4.74 Å². The van der Waals surface area contributed by atoms with E-state index in [0.29, 0.717) is 24.4 Å². The molecular formula is C13H16N2O3. The molecule has 0 radical (unpaired) electrons. The van der Waals surface area contributed by atoms with Gasteiger partial charge in [0.25, 0.3) is 0 Å². The van der Waals surface area contributed by atoms with Crippen LogP contribution in [0, 0.1) is 5.92 Å². The molecular weight excluding hydrogens is 232 g/mol. The lowest BCUT2D eigenvalue weighted by Gasteiger charge is -2.31. The Labute approximate surface area is 106 Å². The molecule has 5 nitrogen and oxygen atoms in total. The molecule has 2 rings (SSSR count). The van der Waals surface area contributed by atoms with E-state index in [0.717, 1.165) is 4.90 Å². The number of anilines is 1. The van der Waals surface area contributed by atoms with E-state index < -0.39 is 6.03 Å². The predicted octanol–water partition coefficient (Wildman–Crippen LogP) is 1.78. The Kier molecular flexibility index (Phi) is 3.50. The minimum absolute atomic E-state index is 0.174. The van der Waals surface area contributed by atoms with E-state index >= 15 is 0 Å². The van der Waals surface area contributed by atoms with Crippen LogP contribution >= 0.6 is 0 Å². The minimum Gasteiger partial charge on any atom is -0.495 e. The summed E-state index contributed by atoms with van der Waals surface area (Å²) in [6.07, 6.45) is 0.699. The van der Waals surface area contributed by atoms with Crippen molar-refractivity contribution in [3.05, 3.63) is 24.3 Å². The SMILES string of the molecule is CCC1CNC(=O)N(c2ccccc2OC)C1=O. The number of amides is 3. The van der Waals surface area contributed by atoms with Crippen LogP contribution in [0.15, 0.2) is 24.3 Å². The van der Waals surface area contributed by atoms with Gasteiger partial charge in [-0.05, 0) is 18.6 Å². The van der Waals surface area contributed by atoms with Crippen LogP contribution in [0.3, 0.4) is 0 Å². The fourth-order valence-corrected chi connectivity index (χ4v) is 2.02. The molecule has 0 aromatic heterocycles. The second-order valence-corrected chi connectivity index (χ2v) is 4.14. The molecule has 18 heavy (non-hydrogen) atoms. The van der Waals surface area contributed by atoms with Crippen LogP contribution in [-0.2, 0) is 4.79 Å². The fourth-order valence-electron chi connectivity index (χ4n) is 2.02. The number of nitrogens with zero attached hydrogens (tertiary/aromatic N) is 1. The summed E-state index contributed by atoms with van der Waals surface area (Å²) in [7, 11) is 1.52. The Morgan fingerprint density at radius 3 is 2.78 bits per heavy atom. The first-order valence-electron chi connectivity index (χ1n) is 5.93. The molecule has 96 valence electrons. The molecule has 1 aromatic carbocycles. The van der Waals surface area contributed by atoms with Gasteiger partial charge in [-0.25, -0.2) is 9.69 Å². The summed E-state index contributed by atoms with van der Waals surface area (Å²) in [4.78, 5) is 25.3. The monoisotopic (exact) mass is 248 g/mol. The molecule has 0 spiro atoms. The van der Waals surface area contributed by atoms with E-state index in [9.17, 15) is 9.59 Å². The molecule has 1 aliphatic rings. The van der Waals surface area contributed by atoms with Crippen molar-refractivity contribution in [2.75, 3.05) is 18.6 Å². The molecule has 1 unspecified atom stereocenters. The topological polar surface area (TPSA) is 58.6 Å². The van der Waals surface area contributed by atoms with Gasteiger partial charge >= 0.3 is 6.03 Å². The summed E-state index contributed by atoms with van der Waals surface area (Å²) in [5, 5.41) is 2.72. The molecule has 1 saturated heterocycles. The number of para-hydroxylation sites is 2. The number of carbonyl (C=O) groups is 2. The van der Waals surface area contributed by atoms with Gasteiger partial charge < -0.3 is 10.1 Å². The maximum Gasteiger partial charge on any atom is 0.328 e. The van der Waals surface area contributed by atoms with E-state index in [1.54, 1.807) is 24.3 Å². The number of methoxy groups -OCH3 is 1. The van der Waals surface area contributed by atoms with E-state index in [2.05, 4.69) is 5.32 Å². The standard InChI is InChI=1S/C13H16N2O3/c1-3-9-8-14-13(17)15(12(9)16)10-6-4-5-7-11(10)18-2/h4-7,9H,3,8H2,1-2H3,(H,14,17). The molecule has 1 aromatic rings. The maximum atomic E-state index is 12.2. The zero-order valence-corrected chi connectivity index (χ0v) is 10.5. The summed E-state index contributed by atoms with van der Waals surface area (Å²) in [6, 6.07) is 6.61. The first-order valence-corrected chi connectivity index (χ1v) is 5.93. The van der Waals surface area contributed by atoms with Gasteiger partial charge in [0.05, 0.1) is 18.7 Å². The van der Waals surface area contributed by atoms with Gasteiger partial charge in [0.15, 0.2) is 0 Å². The van der Waals surface area contributed by atoms with Crippen molar-refractivity contribution in [1.29, 1.82) is 0 Å². The van der Waals surface area contributed by atoms with Crippen LogP contribution in [0.1, 0.15) is 13.3 Å². The van der Waals surface area contributed by atoms with Crippen molar-refractivity contribution >= 4 is 17.6 Å². The van der Waals surface area contributed by atoms with Crippen LogP contribution in [-0.4, -0.2) is 25.6 Å². The van der Waals surface area contributed by atoms with Gasteiger partial charge in [-0.2, -0.15) is 0 Å². The number of imide groups is 1. The number of urea groups is 1. The molecule has 1 N–H and O–H groups in total. The normalized spacial score (nSPS) is 19.7. The summed E-state index contributed by atoms with van der Waals surface area (Å²) in [5.74, 6) is 0.163. The van der Waals surface area contributed by atoms with Crippen molar-refractivity contribution in [1.82, 2.24) is 5.32 Å². The predicted molar refractivity (Wildman–Crippen MR) is 67.7 cm³/mol. The Morgan fingerprint density at radius 1 is 1.39 bits per heavy atom. The highest BCUT2D eigenvalue weighted by Gasteiger charge is 2.35. The molecule has 5 heteroatoms. The van der Waals surface area contributed by atoms with Crippen molar-refractivity contribution < 1.29 is 14.3 Å². The van der Waals surface area contributed by atoms with Crippen LogP contribution in [0.5, 0.6) is 5.75 Å². The molecule has 1 atom stereocenters. The molecule has 3 amide bonds. The first kappa shape index (κ1) is 12.4. The smallest absolute Gasteiger partial charge is 0.328 e. The zero-order chi connectivity index (χ0) is 13.1. The van der Waals surface area contributed by atoms with Crippen LogP contribution < -0.4 is 15.0 Å². The van der Waals surface area contributed by atoms with Crippen molar-refractivity contribution in [3.63, 3.8) is 0 Å². The van der Waals surface area contributed by atoms with E-state index in [-0.39, 0.29) is 11.8 Å². The molecule has 0 aliphatic carbocycles. The molecule has 0 saturated carbocycles. The quantitative estimate of drug-likeness (QED) is 0.887. The average molecular weight is 248 g/mol. The number of hydrogen-bond acceptors (Lipinski definition) is 3. The van der Waals surface area contributed by atoms with Crippen LogP contribution in [0.25, 0.3) is 0 Å². The summed E-state index contributed by atoms with van der Waals surface area (Å²) >= 11 is 0. The minimum atomic E-state index is -0.394. The van der Waals surface area contributed by atoms with Crippen LogP contribution in [0.4, 0.5) is 10.5 Å². The second kappa shape index (κ2) is 5.08. The summed E-state index contributed by atoms with van der Waals surface area (Å²) in [5.41, 5.74) is 0.487. The lowest BCUT2D eigenvalue weighted by atomic mass is 10.0. The number of rotatable bonds is 3. The van der Waals surface area contributed by atoms with Gasteiger partial charge in [0, 0.05) is 6.54 Å². The van der Waals surface area contributed by atoms with E-state index in [1.165, 1.54) is 7.11 Å². The van der Waals surface area contributed by atoms with Gasteiger partial charge in [0.1, 0.15) is 5.75 Å². The highest BCUT2D eigenvalue weighted by atomic mass is 16.5. The third-order valence-electron chi connectivity index (χ3n) is 3.09. The van der Waals surface area contributed by atoms with Gasteiger partial charge in [0.2, 0.25) is 5.91 Å². The number of carbonyl (C=O) groups excluding carboxylic acids is 2. The van der Waals surface area contributed by atoms with Crippen LogP contribution in [0.2, 0.25) is 0 Å². The Bertz CT molecular complexity index is 473. The van der Waals surface area contributed by atoms with Gasteiger partial charge in [-0.1, -0.05) is 19.1 Å². The first-order chi connectivity index (χ1) is 8.69. The van der Waals surface area contributed by atoms with Crippen molar-refractivity contribution in [3.8, 4) is 5.75 Å². The Hall–Kier alpha value is -2.04. The number of ether oxygens (including phenoxy) is 1. The zero-order valence-electron chi connectivity index (χ0n) is 10.5. The van der Waals surface area contributed by atoms with Crippen molar-refractivity contribution in [2.45, 2.75) is 13.3 Å². The highest BCUT2D eigenvalue weighted by molar-refractivity contribution is 6.17. The van der Waals surface area contributed by atoms with Gasteiger partial charge in [-0.15, -0.1) is 0 Å². The lowest BCUT2D eigenvalue weighted by molar-refractivity contribution is -0.122. The molecule has 1 fully saturated rings.